The molecule has 2 aromatic heterocycles. The predicted molar refractivity (Wildman–Crippen MR) is 134 cm³/mol. The van der Waals surface area contributed by atoms with Crippen LogP contribution < -0.4 is 0 Å². The molecule has 3 aromatic rings. The number of aromatic nitrogens is 2. The number of benzene rings is 1. The Hall–Kier alpha value is -3.23. The first-order chi connectivity index (χ1) is 17.8. The molecule has 0 unspecified atom stereocenters. The van der Waals surface area contributed by atoms with Gasteiger partial charge in [-0.3, -0.25) is 4.79 Å². The van der Waals surface area contributed by atoms with E-state index in [1.807, 2.05) is 58.9 Å². The third-order valence-electron chi connectivity index (χ3n) is 6.60. The predicted octanol–water partition coefficient (Wildman–Crippen LogP) is 3.65. The third-order valence-corrected chi connectivity index (χ3v) is 8.79. The molecule has 0 aliphatic carbocycles. The SMILES string of the molecule is CS(=O)(=O)N1CCn2c(-c3ccccc3)cnc2C12CCN(C(=O)c1cccs1)CC2.O=C(O)C(F)(F)F. The minimum absolute atomic E-state index is 0.0138. The molecule has 5 rings (SSSR count). The van der Waals surface area contributed by atoms with E-state index >= 15 is 0 Å². The lowest BCUT2D eigenvalue weighted by molar-refractivity contribution is -0.192. The first-order valence-electron chi connectivity index (χ1n) is 11.6. The summed E-state index contributed by atoms with van der Waals surface area (Å²) in [7, 11) is -3.43. The van der Waals surface area contributed by atoms with E-state index in [-0.39, 0.29) is 5.91 Å². The van der Waals surface area contributed by atoms with Crippen LogP contribution in [0.4, 0.5) is 13.2 Å². The van der Waals surface area contributed by atoms with Gasteiger partial charge in [0.25, 0.3) is 5.91 Å². The summed E-state index contributed by atoms with van der Waals surface area (Å²) in [5.74, 6) is -1.96. The molecule has 204 valence electrons. The molecule has 1 amide bonds. The Bertz CT molecular complexity index is 1400. The van der Waals surface area contributed by atoms with Crippen LogP contribution in [-0.2, 0) is 26.9 Å². The van der Waals surface area contributed by atoms with Gasteiger partial charge >= 0.3 is 12.1 Å². The number of carboxylic acid groups (broad SMARTS) is 1. The van der Waals surface area contributed by atoms with Crippen LogP contribution in [0.2, 0.25) is 0 Å². The summed E-state index contributed by atoms with van der Waals surface area (Å²) in [6.07, 6.45) is -0.902. The Labute approximate surface area is 221 Å². The highest BCUT2D eigenvalue weighted by atomic mass is 32.2. The summed E-state index contributed by atoms with van der Waals surface area (Å²) >= 11 is 1.43. The normalized spacial score (nSPS) is 17.4. The maximum atomic E-state index is 12.8. The number of imidazole rings is 1. The number of hydrogen-bond acceptors (Lipinski definition) is 6. The van der Waals surface area contributed by atoms with Crippen molar-refractivity contribution in [2.75, 3.05) is 25.9 Å². The van der Waals surface area contributed by atoms with Crippen molar-refractivity contribution in [1.29, 1.82) is 0 Å². The van der Waals surface area contributed by atoms with Crippen LogP contribution in [0.1, 0.15) is 28.3 Å². The number of fused-ring (bicyclic) bond motifs is 2. The number of carbonyl (C=O) groups excluding carboxylic acids is 1. The summed E-state index contributed by atoms with van der Waals surface area (Å²) < 4.78 is 61.0. The Morgan fingerprint density at radius 1 is 1.03 bits per heavy atom. The van der Waals surface area contributed by atoms with Crippen molar-refractivity contribution < 1.29 is 36.3 Å². The van der Waals surface area contributed by atoms with Gasteiger partial charge in [0.2, 0.25) is 10.0 Å². The first kappa shape index (κ1) is 27.8. The van der Waals surface area contributed by atoms with E-state index in [4.69, 9.17) is 14.9 Å². The van der Waals surface area contributed by atoms with Crippen molar-refractivity contribution in [3.05, 3.63) is 64.7 Å². The second-order valence-electron chi connectivity index (χ2n) is 8.92. The van der Waals surface area contributed by atoms with E-state index < -0.39 is 27.7 Å². The van der Waals surface area contributed by atoms with Crippen molar-refractivity contribution in [2.45, 2.75) is 31.1 Å². The summed E-state index contributed by atoms with van der Waals surface area (Å²) in [5.41, 5.74) is 1.33. The van der Waals surface area contributed by atoms with Gasteiger partial charge in [-0.2, -0.15) is 17.5 Å². The fraction of sp³-hybridized carbons (Fsp3) is 0.375. The molecule has 2 aliphatic rings. The van der Waals surface area contributed by atoms with Crippen LogP contribution in [0.15, 0.2) is 54.0 Å². The number of halogens is 3. The zero-order chi connectivity index (χ0) is 27.7. The highest BCUT2D eigenvalue weighted by molar-refractivity contribution is 7.88. The third kappa shape index (κ3) is 5.47. The average Bonchev–Trinajstić information content (AvgIpc) is 3.55. The van der Waals surface area contributed by atoms with E-state index in [0.29, 0.717) is 43.9 Å². The van der Waals surface area contributed by atoms with Gasteiger partial charge in [-0.15, -0.1) is 11.3 Å². The Kier molecular flexibility index (Phi) is 7.68. The zero-order valence-corrected chi connectivity index (χ0v) is 21.9. The Morgan fingerprint density at radius 2 is 1.66 bits per heavy atom. The van der Waals surface area contributed by atoms with Gasteiger partial charge in [0.05, 0.1) is 28.6 Å². The largest absolute Gasteiger partial charge is 0.490 e. The number of alkyl halides is 3. The second-order valence-corrected chi connectivity index (χ2v) is 11.8. The molecule has 0 bridgehead atoms. The monoisotopic (exact) mass is 570 g/mol. The van der Waals surface area contributed by atoms with Crippen LogP contribution in [0.3, 0.4) is 0 Å². The smallest absolute Gasteiger partial charge is 0.475 e. The van der Waals surface area contributed by atoms with E-state index in [0.717, 1.165) is 17.1 Å². The van der Waals surface area contributed by atoms with Crippen molar-refractivity contribution in [3.8, 4) is 11.3 Å². The van der Waals surface area contributed by atoms with Crippen molar-refractivity contribution in [1.82, 2.24) is 18.8 Å². The zero-order valence-electron chi connectivity index (χ0n) is 20.3. The Morgan fingerprint density at radius 3 is 2.18 bits per heavy atom. The highest BCUT2D eigenvalue weighted by Crippen LogP contribution is 2.44. The number of amides is 1. The standard InChI is InChI=1S/C22H24N4O3S2.C2HF3O2/c1-31(28,29)26-14-13-25-18(17-6-3-2-4-7-17)16-23-21(25)22(26)9-11-24(12-10-22)20(27)19-8-5-15-30-19;3-2(4,5)1(6)7/h2-8,15-16H,9-14H2,1H3;(H,6,7). The molecule has 0 radical (unpaired) electrons. The van der Waals surface area contributed by atoms with Crippen LogP contribution in [0, 0.1) is 0 Å². The first-order valence-corrected chi connectivity index (χ1v) is 14.3. The lowest BCUT2D eigenvalue weighted by Gasteiger charge is -2.49. The molecule has 1 fully saturated rings. The molecule has 0 saturated carbocycles. The quantitative estimate of drug-likeness (QED) is 0.515. The number of carbonyl (C=O) groups is 2. The van der Waals surface area contributed by atoms with Crippen LogP contribution >= 0.6 is 11.3 Å². The molecule has 1 spiro atoms. The lowest BCUT2D eigenvalue weighted by Crippen LogP contribution is -2.59. The van der Waals surface area contributed by atoms with Gasteiger partial charge in [0.15, 0.2) is 0 Å². The van der Waals surface area contributed by atoms with E-state index in [1.165, 1.54) is 17.6 Å². The summed E-state index contributed by atoms with van der Waals surface area (Å²) in [5, 5.41) is 9.02. The number of thiophene rings is 1. The van der Waals surface area contributed by atoms with E-state index in [2.05, 4.69) is 4.57 Å². The van der Waals surface area contributed by atoms with E-state index in [9.17, 15) is 26.4 Å². The van der Waals surface area contributed by atoms with Crippen LogP contribution in [-0.4, -0.2) is 76.2 Å². The minimum Gasteiger partial charge on any atom is -0.475 e. The number of sulfonamides is 1. The lowest BCUT2D eigenvalue weighted by atomic mass is 9.85. The fourth-order valence-corrected chi connectivity index (χ4v) is 6.92. The Balaban J connectivity index is 0.000000426. The van der Waals surface area contributed by atoms with E-state index in [1.54, 1.807) is 4.31 Å². The molecule has 9 nitrogen and oxygen atoms in total. The fourth-order valence-electron chi connectivity index (χ4n) is 4.92. The molecule has 1 saturated heterocycles. The van der Waals surface area contributed by atoms with Gasteiger partial charge in [0.1, 0.15) is 5.82 Å². The molecule has 1 N–H and O–H groups in total. The number of hydrogen-bond donors (Lipinski definition) is 1. The molecule has 4 heterocycles. The van der Waals surface area contributed by atoms with Gasteiger partial charge in [-0.05, 0) is 29.9 Å². The molecule has 0 atom stereocenters. The molecular formula is C24H25F3N4O5S2. The maximum absolute atomic E-state index is 12.8. The summed E-state index contributed by atoms with van der Waals surface area (Å²) in [6.45, 7) is 1.96. The maximum Gasteiger partial charge on any atom is 0.490 e. The number of piperidine rings is 1. The summed E-state index contributed by atoms with van der Waals surface area (Å²) in [4.78, 5) is 29.0. The molecule has 2 aliphatic heterocycles. The van der Waals surface area contributed by atoms with Crippen molar-refractivity contribution in [3.63, 3.8) is 0 Å². The number of carboxylic acids is 1. The van der Waals surface area contributed by atoms with Gasteiger partial charge in [-0.25, -0.2) is 18.2 Å². The van der Waals surface area contributed by atoms with Crippen molar-refractivity contribution >= 4 is 33.2 Å². The highest BCUT2D eigenvalue weighted by Gasteiger charge is 2.51. The number of likely N-dealkylation sites (tertiary alicyclic amines) is 1. The second kappa shape index (κ2) is 10.5. The van der Waals surface area contributed by atoms with Crippen LogP contribution in [0.5, 0.6) is 0 Å². The number of rotatable bonds is 3. The summed E-state index contributed by atoms with van der Waals surface area (Å²) in [6, 6.07) is 13.8. The topological polar surface area (TPSA) is 113 Å². The van der Waals surface area contributed by atoms with Crippen molar-refractivity contribution in [2.24, 2.45) is 0 Å². The molecule has 14 heteroatoms. The molecular weight excluding hydrogens is 545 g/mol. The number of aliphatic carboxylic acids is 1. The minimum atomic E-state index is -5.08. The van der Waals surface area contributed by atoms with Gasteiger partial charge < -0.3 is 14.6 Å². The number of nitrogens with zero attached hydrogens (tertiary/aromatic N) is 4. The van der Waals surface area contributed by atoms with Gasteiger partial charge in [0, 0.05) is 26.2 Å². The molecule has 1 aromatic carbocycles. The average molecular weight is 571 g/mol. The van der Waals surface area contributed by atoms with Crippen LogP contribution in [0.25, 0.3) is 11.3 Å². The molecule has 38 heavy (non-hydrogen) atoms. The van der Waals surface area contributed by atoms with Gasteiger partial charge in [-0.1, -0.05) is 36.4 Å².